The molecule has 0 heterocycles. The van der Waals surface area contributed by atoms with Crippen molar-refractivity contribution in [2.24, 2.45) is 5.73 Å². The van der Waals surface area contributed by atoms with Crippen molar-refractivity contribution in [3.05, 3.63) is 95.6 Å². The Hall–Kier alpha value is -4.06. The summed E-state index contributed by atoms with van der Waals surface area (Å²) in [6, 6.07) is 23.1. The Bertz CT molecular complexity index is 1090. The van der Waals surface area contributed by atoms with Crippen LogP contribution in [-0.2, 0) is 4.74 Å². The van der Waals surface area contributed by atoms with Gasteiger partial charge in [-0.1, -0.05) is 72.8 Å². The summed E-state index contributed by atoms with van der Waals surface area (Å²) in [5.74, 6) is 0.0363. The highest BCUT2D eigenvalue weighted by Gasteiger charge is 2.28. The molecule has 0 bridgehead atoms. The largest absolute Gasteiger partial charge is 0.449 e. The maximum absolute atomic E-state index is 12.2. The minimum absolute atomic E-state index is 0.0363. The van der Waals surface area contributed by atoms with Crippen LogP contribution in [0.2, 0.25) is 0 Å². The predicted octanol–water partition coefficient (Wildman–Crippen LogP) is 4.73. The van der Waals surface area contributed by atoms with Gasteiger partial charge in [-0.05, 0) is 39.9 Å². The first-order chi connectivity index (χ1) is 15.1. The molecule has 6 heteroatoms. The zero-order valence-electron chi connectivity index (χ0n) is 16.9. The van der Waals surface area contributed by atoms with Crippen LogP contribution in [0, 0.1) is 0 Å². The van der Waals surface area contributed by atoms with E-state index in [4.69, 9.17) is 10.5 Å². The fraction of sp³-hybridized carbons (Fsp3) is 0.120. The van der Waals surface area contributed by atoms with Gasteiger partial charge in [0.2, 0.25) is 0 Å². The lowest BCUT2D eigenvalue weighted by atomic mass is 9.98. The molecule has 0 spiro atoms. The van der Waals surface area contributed by atoms with Crippen LogP contribution in [-0.4, -0.2) is 25.3 Å². The smallest absolute Gasteiger partial charge is 0.407 e. The number of fused-ring (bicyclic) bond motifs is 3. The number of hydrogen-bond donors (Lipinski definition) is 3. The molecule has 156 valence electrons. The quantitative estimate of drug-likeness (QED) is 0.545. The SMILES string of the molecule is NC(=O)Nc1cccc(C=CCNC(=O)OCC2c3ccccc3-c3ccccc32)c1. The van der Waals surface area contributed by atoms with E-state index in [2.05, 4.69) is 34.9 Å². The number of nitrogens with one attached hydrogen (secondary N) is 2. The van der Waals surface area contributed by atoms with Crippen LogP contribution >= 0.6 is 0 Å². The second kappa shape index (κ2) is 9.17. The van der Waals surface area contributed by atoms with Crippen molar-refractivity contribution in [3.8, 4) is 11.1 Å². The molecular formula is C25H23N3O3. The molecule has 0 saturated heterocycles. The molecule has 4 N–H and O–H groups in total. The average Bonchev–Trinajstić information content (AvgIpc) is 3.09. The Morgan fingerprint density at radius 3 is 2.29 bits per heavy atom. The number of primary amides is 1. The van der Waals surface area contributed by atoms with E-state index in [1.165, 1.54) is 22.3 Å². The molecule has 4 rings (SSSR count). The van der Waals surface area contributed by atoms with Crippen LogP contribution in [0.1, 0.15) is 22.6 Å². The predicted molar refractivity (Wildman–Crippen MR) is 122 cm³/mol. The van der Waals surface area contributed by atoms with E-state index in [-0.39, 0.29) is 12.5 Å². The summed E-state index contributed by atoms with van der Waals surface area (Å²) >= 11 is 0. The fourth-order valence-electron chi connectivity index (χ4n) is 3.85. The molecule has 0 atom stereocenters. The number of nitrogens with two attached hydrogens (primary N) is 1. The number of hydrogen-bond acceptors (Lipinski definition) is 3. The Labute approximate surface area is 180 Å². The van der Waals surface area contributed by atoms with Gasteiger partial charge in [-0.25, -0.2) is 9.59 Å². The Kier molecular flexibility index (Phi) is 5.98. The van der Waals surface area contributed by atoms with Crippen LogP contribution in [0.3, 0.4) is 0 Å². The highest BCUT2D eigenvalue weighted by molar-refractivity contribution is 5.88. The molecule has 1 aliphatic carbocycles. The fourth-order valence-corrected chi connectivity index (χ4v) is 3.85. The molecule has 3 aromatic carbocycles. The minimum atomic E-state index is -0.613. The monoisotopic (exact) mass is 413 g/mol. The average molecular weight is 413 g/mol. The molecule has 3 aromatic rings. The Morgan fingerprint density at radius 2 is 1.61 bits per heavy atom. The third kappa shape index (κ3) is 4.75. The molecular weight excluding hydrogens is 390 g/mol. The number of amides is 3. The van der Waals surface area contributed by atoms with E-state index in [0.29, 0.717) is 12.2 Å². The summed E-state index contributed by atoms with van der Waals surface area (Å²) in [6.07, 6.45) is 3.19. The topological polar surface area (TPSA) is 93.5 Å². The van der Waals surface area contributed by atoms with E-state index in [9.17, 15) is 9.59 Å². The first-order valence-corrected chi connectivity index (χ1v) is 10.0. The molecule has 6 nitrogen and oxygen atoms in total. The lowest BCUT2D eigenvalue weighted by Crippen LogP contribution is -2.26. The number of carbonyl (C=O) groups is 2. The normalized spacial score (nSPS) is 12.3. The van der Waals surface area contributed by atoms with Gasteiger partial charge in [0.1, 0.15) is 6.61 Å². The van der Waals surface area contributed by atoms with Gasteiger partial charge >= 0.3 is 12.1 Å². The first-order valence-electron chi connectivity index (χ1n) is 10.0. The molecule has 31 heavy (non-hydrogen) atoms. The zero-order chi connectivity index (χ0) is 21.6. The number of benzene rings is 3. The first kappa shape index (κ1) is 20.2. The van der Waals surface area contributed by atoms with E-state index in [1.807, 2.05) is 48.6 Å². The molecule has 0 saturated carbocycles. The van der Waals surface area contributed by atoms with Crippen LogP contribution < -0.4 is 16.4 Å². The van der Waals surface area contributed by atoms with Gasteiger partial charge < -0.3 is 21.1 Å². The molecule has 1 aliphatic rings. The van der Waals surface area contributed by atoms with Gasteiger partial charge in [-0.2, -0.15) is 0 Å². The minimum Gasteiger partial charge on any atom is -0.449 e. The number of urea groups is 1. The van der Waals surface area contributed by atoms with Gasteiger partial charge in [0.05, 0.1) is 0 Å². The Morgan fingerprint density at radius 1 is 0.935 bits per heavy atom. The lowest BCUT2D eigenvalue weighted by molar-refractivity contribution is 0.144. The summed E-state index contributed by atoms with van der Waals surface area (Å²) in [4.78, 5) is 23.1. The van der Waals surface area contributed by atoms with Gasteiger partial charge in [-0.3, -0.25) is 0 Å². The standard InChI is InChI=1S/C25H23N3O3/c26-24(29)28-18-9-5-7-17(15-18)8-6-14-27-25(30)31-16-23-21-12-3-1-10-19(21)20-11-2-4-13-22(20)23/h1-13,15,23H,14,16H2,(H,27,30)(H3,26,28,29). The van der Waals surface area contributed by atoms with Crippen molar-refractivity contribution >= 4 is 23.9 Å². The summed E-state index contributed by atoms with van der Waals surface area (Å²) in [7, 11) is 0. The van der Waals surface area contributed by atoms with E-state index < -0.39 is 12.1 Å². The highest BCUT2D eigenvalue weighted by Crippen LogP contribution is 2.44. The van der Waals surface area contributed by atoms with Gasteiger partial charge in [0.25, 0.3) is 0 Å². The molecule has 3 amide bonds. The van der Waals surface area contributed by atoms with Crippen molar-refractivity contribution < 1.29 is 14.3 Å². The van der Waals surface area contributed by atoms with Gasteiger partial charge in [-0.15, -0.1) is 0 Å². The van der Waals surface area contributed by atoms with Crippen molar-refractivity contribution in [3.63, 3.8) is 0 Å². The summed E-state index contributed by atoms with van der Waals surface area (Å²) in [5, 5.41) is 5.26. The lowest BCUT2D eigenvalue weighted by Gasteiger charge is -2.14. The number of carbonyl (C=O) groups excluding carboxylic acids is 2. The number of alkyl carbamates (subject to hydrolysis) is 1. The van der Waals surface area contributed by atoms with Crippen molar-refractivity contribution in [1.29, 1.82) is 0 Å². The second-order valence-electron chi connectivity index (χ2n) is 7.22. The molecule has 0 radical (unpaired) electrons. The zero-order valence-corrected chi connectivity index (χ0v) is 16.9. The maximum atomic E-state index is 12.2. The van der Waals surface area contributed by atoms with Gasteiger partial charge in [0, 0.05) is 18.2 Å². The van der Waals surface area contributed by atoms with E-state index >= 15 is 0 Å². The summed E-state index contributed by atoms with van der Waals surface area (Å²) in [5.41, 5.74) is 11.4. The van der Waals surface area contributed by atoms with Crippen LogP contribution in [0.15, 0.2) is 78.9 Å². The van der Waals surface area contributed by atoms with Crippen molar-refractivity contribution in [2.75, 3.05) is 18.5 Å². The molecule has 0 fully saturated rings. The van der Waals surface area contributed by atoms with Gasteiger partial charge in [0.15, 0.2) is 0 Å². The third-order valence-electron chi connectivity index (χ3n) is 5.17. The van der Waals surface area contributed by atoms with Crippen LogP contribution in [0.25, 0.3) is 17.2 Å². The van der Waals surface area contributed by atoms with E-state index in [1.54, 1.807) is 12.1 Å². The second-order valence-corrected chi connectivity index (χ2v) is 7.22. The van der Waals surface area contributed by atoms with Crippen molar-refractivity contribution in [2.45, 2.75) is 5.92 Å². The highest BCUT2D eigenvalue weighted by atomic mass is 16.5. The third-order valence-corrected chi connectivity index (χ3v) is 5.17. The molecule has 0 aliphatic heterocycles. The number of ether oxygens (including phenoxy) is 1. The van der Waals surface area contributed by atoms with Crippen molar-refractivity contribution in [1.82, 2.24) is 5.32 Å². The molecule has 0 aromatic heterocycles. The number of anilines is 1. The summed E-state index contributed by atoms with van der Waals surface area (Å²) < 4.78 is 5.51. The van der Waals surface area contributed by atoms with E-state index in [0.717, 1.165) is 5.56 Å². The van der Waals surface area contributed by atoms with Crippen LogP contribution in [0.4, 0.5) is 15.3 Å². The van der Waals surface area contributed by atoms with Crippen LogP contribution in [0.5, 0.6) is 0 Å². The molecule has 0 unspecified atom stereocenters. The summed E-state index contributed by atoms with van der Waals surface area (Å²) in [6.45, 7) is 0.606. The number of rotatable bonds is 6. The Balaban J connectivity index is 1.30. The maximum Gasteiger partial charge on any atom is 0.407 e.